The Kier molecular flexibility index (Phi) is 5.60. The standard InChI is InChI=1S/C23H27FN6O2S/c1-6-15-11-28-19(12-27-15)18-10-20(32-30-18)14-7-8-17(24)16(9-14)23(4)13-33(31,26-5)22(2,3)21(25)29-23/h7-12H,6,13H2,1-5H3,(H2,25,29)/t23-,33+/m0/s1. The summed E-state index contributed by atoms with van der Waals surface area (Å²) in [5, 5.41) is 4.09. The second-order valence-electron chi connectivity index (χ2n) is 8.77. The zero-order valence-corrected chi connectivity index (χ0v) is 20.1. The molecule has 33 heavy (non-hydrogen) atoms. The second-order valence-corrected chi connectivity index (χ2v) is 11.7. The molecule has 0 fully saturated rings. The van der Waals surface area contributed by atoms with Crippen LogP contribution in [0.15, 0.2) is 50.5 Å². The molecule has 0 spiro atoms. The van der Waals surface area contributed by atoms with Gasteiger partial charge in [0.05, 0.1) is 27.4 Å². The number of nitrogens with zero attached hydrogens (tertiary/aromatic N) is 5. The van der Waals surface area contributed by atoms with Crippen LogP contribution in [-0.4, -0.2) is 42.7 Å². The summed E-state index contributed by atoms with van der Waals surface area (Å²) in [6, 6.07) is 6.29. The summed E-state index contributed by atoms with van der Waals surface area (Å²) in [5.74, 6) is 0.194. The monoisotopic (exact) mass is 470 g/mol. The lowest BCUT2D eigenvalue weighted by Gasteiger charge is -2.40. The number of aromatic nitrogens is 3. The maximum absolute atomic E-state index is 15.0. The lowest BCUT2D eigenvalue weighted by atomic mass is 9.91. The molecule has 0 amide bonds. The highest BCUT2D eigenvalue weighted by atomic mass is 32.2. The van der Waals surface area contributed by atoms with Gasteiger partial charge in [0, 0.05) is 30.4 Å². The maximum atomic E-state index is 15.0. The molecule has 0 radical (unpaired) electrons. The Hall–Kier alpha value is -3.14. The third-order valence-corrected chi connectivity index (χ3v) is 9.57. The smallest absolute Gasteiger partial charge is 0.167 e. The van der Waals surface area contributed by atoms with Crippen LogP contribution in [0.2, 0.25) is 0 Å². The van der Waals surface area contributed by atoms with Crippen molar-refractivity contribution in [2.45, 2.75) is 44.4 Å². The number of nitrogens with two attached hydrogens (primary N) is 1. The minimum atomic E-state index is -2.79. The molecule has 1 aliphatic rings. The average molecular weight is 471 g/mol. The highest BCUT2D eigenvalue weighted by Gasteiger charge is 2.47. The fraction of sp³-hybridized carbons (Fsp3) is 0.391. The molecule has 2 aromatic heterocycles. The van der Waals surface area contributed by atoms with Crippen molar-refractivity contribution in [1.29, 1.82) is 0 Å². The van der Waals surface area contributed by atoms with Crippen molar-refractivity contribution < 1.29 is 13.1 Å². The number of hydrogen-bond donors (Lipinski definition) is 1. The van der Waals surface area contributed by atoms with Crippen LogP contribution in [0, 0.1) is 5.82 Å². The van der Waals surface area contributed by atoms with Gasteiger partial charge in [0.1, 0.15) is 33.3 Å². The van der Waals surface area contributed by atoms with E-state index in [9.17, 15) is 4.21 Å². The number of halogens is 1. The summed E-state index contributed by atoms with van der Waals surface area (Å²) < 4.78 is 37.4. The number of aliphatic imine (C=N–C) groups is 1. The van der Waals surface area contributed by atoms with Gasteiger partial charge in [-0.3, -0.25) is 15.0 Å². The fourth-order valence-electron chi connectivity index (χ4n) is 3.88. The molecule has 8 nitrogen and oxygen atoms in total. The molecule has 0 aliphatic carbocycles. The molecule has 10 heteroatoms. The summed E-state index contributed by atoms with van der Waals surface area (Å²) in [4.78, 5) is 13.3. The first kappa shape index (κ1) is 23.0. The van der Waals surface area contributed by atoms with Crippen LogP contribution in [0.5, 0.6) is 0 Å². The highest BCUT2D eigenvalue weighted by molar-refractivity contribution is 7.95. The topological polar surface area (TPSA) is 120 Å². The van der Waals surface area contributed by atoms with Crippen molar-refractivity contribution in [3.8, 4) is 22.7 Å². The molecule has 0 unspecified atom stereocenters. The first-order valence-electron chi connectivity index (χ1n) is 10.6. The molecular weight excluding hydrogens is 443 g/mol. The summed E-state index contributed by atoms with van der Waals surface area (Å²) >= 11 is 0. The van der Waals surface area contributed by atoms with E-state index in [4.69, 9.17) is 10.3 Å². The SMILES string of the molecule is CCc1cnc(-c2cc(-c3ccc(F)c([C@]4(C)C[S@](=O)(=NC)C(C)(C)C(N)=N4)c3)on2)cn1. The van der Waals surface area contributed by atoms with E-state index in [1.165, 1.54) is 13.1 Å². The van der Waals surface area contributed by atoms with E-state index >= 15 is 4.39 Å². The molecule has 1 aromatic carbocycles. The van der Waals surface area contributed by atoms with Crippen LogP contribution in [0.1, 0.15) is 39.0 Å². The summed E-state index contributed by atoms with van der Waals surface area (Å²) in [6.07, 6.45) is 4.13. The van der Waals surface area contributed by atoms with Crippen molar-refractivity contribution in [1.82, 2.24) is 15.1 Å². The van der Waals surface area contributed by atoms with E-state index in [2.05, 4.69) is 24.5 Å². The molecule has 0 saturated carbocycles. The van der Waals surface area contributed by atoms with Crippen molar-refractivity contribution in [2.24, 2.45) is 15.1 Å². The molecule has 174 valence electrons. The number of amidine groups is 1. The van der Waals surface area contributed by atoms with Crippen molar-refractivity contribution in [2.75, 3.05) is 12.8 Å². The zero-order chi connectivity index (χ0) is 24.0. The molecule has 3 heterocycles. The summed E-state index contributed by atoms with van der Waals surface area (Å²) in [6.45, 7) is 7.22. The molecule has 2 N–H and O–H groups in total. The number of hydrogen-bond acceptors (Lipinski definition) is 8. The van der Waals surface area contributed by atoms with Gasteiger partial charge in [-0.15, -0.1) is 0 Å². The lowest BCUT2D eigenvalue weighted by Crippen LogP contribution is -2.54. The Bertz CT molecular complexity index is 1360. The van der Waals surface area contributed by atoms with Crippen molar-refractivity contribution >= 4 is 15.6 Å². The summed E-state index contributed by atoms with van der Waals surface area (Å²) in [7, 11) is -1.29. The largest absolute Gasteiger partial charge is 0.386 e. The third kappa shape index (κ3) is 3.82. The Balaban J connectivity index is 1.76. The normalized spacial score (nSPS) is 24.4. The highest BCUT2D eigenvalue weighted by Crippen LogP contribution is 2.40. The van der Waals surface area contributed by atoms with E-state index < -0.39 is 25.8 Å². The molecule has 4 rings (SSSR count). The van der Waals surface area contributed by atoms with Gasteiger partial charge in [0.25, 0.3) is 0 Å². The van der Waals surface area contributed by atoms with Gasteiger partial charge in [-0.1, -0.05) is 12.1 Å². The average Bonchev–Trinajstić information content (AvgIpc) is 3.28. The van der Waals surface area contributed by atoms with E-state index in [0.29, 0.717) is 22.7 Å². The second kappa shape index (κ2) is 8.02. The first-order chi connectivity index (χ1) is 15.5. The fourth-order valence-corrected chi connectivity index (χ4v) is 6.18. The first-order valence-corrected chi connectivity index (χ1v) is 12.3. The summed E-state index contributed by atoms with van der Waals surface area (Å²) in [5.41, 5.74) is 7.90. The maximum Gasteiger partial charge on any atom is 0.167 e. The predicted octanol–water partition coefficient (Wildman–Crippen LogP) is 3.96. The molecule has 0 saturated heterocycles. The minimum absolute atomic E-state index is 0.0472. The van der Waals surface area contributed by atoms with Crippen molar-refractivity contribution in [3.05, 3.63) is 53.7 Å². The van der Waals surface area contributed by atoms with Crippen LogP contribution >= 0.6 is 0 Å². The van der Waals surface area contributed by atoms with Gasteiger partial charge in [-0.05, 0) is 45.4 Å². The van der Waals surface area contributed by atoms with E-state index in [1.54, 1.807) is 51.4 Å². The third-order valence-electron chi connectivity index (χ3n) is 6.22. The van der Waals surface area contributed by atoms with E-state index in [-0.39, 0.29) is 17.2 Å². The van der Waals surface area contributed by atoms with Crippen LogP contribution in [0.3, 0.4) is 0 Å². The van der Waals surface area contributed by atoms with Gasteiger partial charge in [-0.25, -0.2) is 13.0 Å². The zero-order valence-electron chi connectivity index (χ0n) is 19.3. The molecule has 0 bridgehead atoms. The Morgan fingerprint density at radius 2 is 1.94 bits per heavy atom. The molecule has 1 aliphatic heterocycles. The number of aryl methyl sites for hydroxylation is 1. The van der Waals surface area contributed by atoms with E-state index in [1.807, 2.05) is 6.92 Å². The van der Waals surface area contributed by atoms with E-state index in [0.717, 1.165) is 12.1 Å². The molecule has 2 atom stereocenters. The van der Waals surface area contributed by atoms with Gasteiger partial charge in [0.2, 0.25) is 0 Å². The Morgan fingerprint density at radius 1 is 1.18 bits per heavy atom. The van der Waals surface area contributed by atoms with Crippen LogP contribution in [0.25, 0.3) is 22.7 Å². The number of rotatable bonds is 4. The van der Waals surface area contributed by atoms with Crippen LogP contribution in [-0.2, 0) is 21.7 Å². The molecule has 3 aromatic rings. The Labute approximate surface area is 192 Å². The van der Waals surface area contributed by atoms with Gasteiger partial charge in [0.15, 0.2) is 5.76 Å². The number of benzene rings is 1. The predicted molar refractivity (Wildman–Crippen MR) is 127 cm³/mol. The quantitative estimate of drug-likeness (QED) is 0.616. The minimum Gasteiger partial charge on any atom is -0.386 e. The van der Waals surface area contributed by atoms with Gasteiger partial charge >= 0.3 is 0 Å². The van der Waals surface area contributed by atoms with Crippen molar-refractivity contribution in [3.63, 3.8) is 0 Å². The Morgan fingerprint density at radius 3 is 2.58 bits per heavy atom. The van der Waals surface area contributed by atoms with Crippen LogP contribution in [0.4, 0.5) is 4.39 Å². The van der Waals surface area contributed by atoms with Crippen LogP contribution < -0.4 is 5.73 Å². The van der Waals surface area contributed by atoms with Gasteiger partial charge in [-0.2, -0.15) is 0 Å². The van der Waals surface area contributed by atoms with Gasteiger partial charge < -0.3 is 10.3 Å². The molecular formula is C23H27FN6O2S. The lowest BCUT2D eigenvalue weighted by molar-refractivity contribution is 0.434.